The SMILES string of the molecule is CC1CCCC(C)N1.CCC1(CC)CCCCN1c1ccccc1.CCCC1(CCC)CCCCN1c1ccccc1.CCCCC1CCCCN1CCCC.CCCCN1CCCCC1.CCCCN1CCCCC1C.CCCCN1CCCCC1CC.CCCN1CCCCC1C.CCCN1CCCCC1CC.CCN1CCCCC1C. The van der Waals surface area contributed by atoms with Gasteiger partial charge in [-0.3, -0.25) is 0 Å². The number of hydrogen-bond donors (Lipinski definition) is 1. The minimum atomic E-state index is 0.416. The lowest BCUT2D eigenvalue weighted by atomic mass is 9.79. The highest BCUT2D eigenvalue weighted by atomic mass is 15.2. The Morgan fingerprint density at radius 1 is 0.286 bits per heavy atom. The number of nitrogens with zero attached hydrogens (tertiary/aromatic N) is 9. The van der Waals surface area contributed by atoms with Crippen molar-refractivity contribution >= 4 is 11.4 Å². The van der Waals surface area contributed by atoms with E-state index < -0.39 is 0 Å². The highest BCUT2D eigenvalue weighted by Crippen LogP contribution is 2.41. The second-order valence-corrected chi connectivity index (χ2v) is 39.0. The van der Waals surface area contributed by atoms with Gasteiger partial charge in [0.15, 0.2) is 0 Å². The minimum absolute atomic E-state index is 0.416. The maximum Gasteiger partial charge on any atom is 0.0402 e. The first-order valence-corrected chi connectivity index (χ1v) is 53.6. The predicted molar refractivity (Wildman–Crippen MR) is 536 cm³/mol. The number of nitrogens with one attached hydrogen (secondary N) is 1. The van der Waals surface area contributed by atoms with Gasteiger partial charge in [-0.25, -0.2) is 0 Å². The van der Waals surface area contributed by atoms with E-state index >= 15 is 0 Å². The molecule has 10 heterocycles. The number of para-hydroxylation sites is 2. The van der Waals surface area contributed by atoms with Crippen molar-refractivity contribution in [1.82, 2.24) is 39.6 Å². The van der Waals surface area contributed by atoms with Crippen LogP contribution in [0, 0.1) is 0 Å². The van der Waals surface area contributed by atoms with Crippen LogP contribution in [0.3, 0.4) is 0 Å². The highest BCUT2D eigenvalue weighted by molar-refractivity contribution is 5.50. The Balaban J connectivity index is 0.000000345. The van der Waals surface area contributed by atoms with E-state index in [1.165, 1.54) is 450 Å². The second-order valence-electron chi connectivity index (χ2n) is 39.0. The van der Waals surface area contributed by atoms with Crippen LogP contribution in [0.4, 0.5) is 11.4 Å². The molecule has 2 aromatic rings. The van der Waals surface area contributed by atoms with Crippen molar-refractivity contribution in [2.75, 3.05) is 121 Å². The molecule has 698 valence electrons. The van der Waals surface area contributed by atoms with E-state index in [0.717, 1.165) is 48.3 Å². The van der Waals surface area contributed by atoms with E-state index in [-0.39, 0.29) is 0 Å². The average Bonchev–Trinajstić information content (AvgIpc) is 0.806. The summed E-state index contributed by atoms with van der Waals surface area (Å²) in [6.07, 6.45) is 70.8. The number of hydrogen-bond acceptors (Lipinski definition) is 10. The summed E-state index contributed by atoms with van der Waals surface area (Å²) in [5.74, 6) is 0. The van der Waals surface area contributed by atoms with Gasteiger partial charge in [0.25, 0.3) is 0 Å². The summed E-state index contributed by atoms with van der Waals surface area (Å²) in [5.41, 5.74) is 3.69. The normalized spacial score (nSPS) is 25.2. The molecule has 10 aliphatic rings. The predicted octanol–water partition coefficient (Wildman–Crippen LogP) is 29.4. The van der Waals surface area contributed by atoms with Gasteiger partial charge < -0.3 is 49.4 Å². The number of unbranched alkanes of at least 4 members (excludes halogenated alkanes) is 5. The summed E-state index contributed by atoms with van der Waals surface area (Å²) < 4.78 is 0. The summed E-state index contributed by atoms with van der Waals surface area (Å²) >= 11 is 0. The van der Waals surface area contributed by atoms with Gasteiger partial charge in [0.05, 0.1) is 0 Å². The zero-order valence-electron chi connectivity index (χ0n) is 84.0. The van der Waals surface area contributed by atoms with Crippen LogP contribution in [0.2, 0.25) is 0 Å². The number of rotatable bonds is 30. The van der Waals surface area contributed by atoms with Crippen LogP contribution in [-0.4, -0.2) is 205 Å². The molecule has 1 N–H and O–H groups in total. The summed E-state index contributed by atoms with van der Waals surface area (Å²) in [7, 11) is 0. The molecule has 0 aromatic heterocycles. The van der Waals surface area contributed by atoms with E-state index in [0.29, 0.717) is 11.1 Å². The largest absolute Gasteiger partial charge is 0.366 e. The molecule has 119 heavy (non-hydrogen) atoms. The van der Waals surface area contributed by atoms with Gasteiger partial charge in [0.1, 0.15) is 0 Å². The number of benzene rings is 2. The molecule has 10 nitrogen and oxygen atoms in total. The highest BCUT2D eigenvalue weighted by Gasteiger charge is 2.38. The summed E-state index contributed by atoms with van der Waals surface area (Å²) in [6, 6.07) is 28.8. The molecule has 10 aliphatic heterocycles. The average molecular weight is 1660 g/mol. The molecule has 0 bridgehead atoms. The van der Waals surface area contributed by atoms with Gasteiger partial charge in [-0.05, 0) is 382 Å². The van der Waals surface area contributed by atoms with Crippen LogP contribution >= 0.6 is 0 Å². The van der Waals surface area contributed by atoms with E-state index in [1.54, 1.807) is 0 Å². The van der Waals surface area contributed by atoms with Gasteiger partial charge >= 0.3 is 0 Å². The minimum Gasteiger partial charge on any atom is -0.366 e. The third-order valence-electron chi connectivity index (χ3n) is 29.4. The van der Waals surface area contributed by atoms with Crippen LogP contribution < -0.4 is 15.1 Å². The Bertz CT molecular complexity index is 2440. The molecule has 0 aliphatic carbocycles. The number of likely N-dealkylation sites (tertiary alicyclic amines) is 7. The molecule has 0 saturated carbocycles. The van der Waals surface area contributed by atoms with Crippen molar-refractivity contribution in [3.8, 4) is 0 Å². The van der Waals surface area contributed by atoms with Gasteiger partial charge in [-0.2, -0.15) is 0 Å². The lowest BCUT2D eigenvalue weighted by Gasteiger charge is -2.49. The molecule has 0 radical (unpaired) electrons. The number of piperidine rings is 10. The smallest absolute Gasteiger partial charge is 0.0402 e. The third kappa shape index (κ3) is 46.3. The summed E-state index contributed by atoms with van der Waals surface area (Å²) in [6.45, 7) is 66.3. The zero-order valence-corrected chi connectivity index (χ0v) is 84.0. The van der Waals surface area contributed by atoms with Crippen molar-refractivity contribution in [3.05, 3.63) is 60.7 Å². The van der Waals surface area contributed by atoms with E-state index in [4.69, 9.17) is 0 Å². The van der Waals surface area contributed by atoms with E-state index in [1.807, 2.05) is 0 Å². The fourth-order valence-electron chi connectivity index (χ4n) is 21.7. The van der Waals surface area contributed by atoms with Gasteiger partial charge in [-0.1, -0.05) is 236 Å². The quantitative estimate of drug-likeness (QED) is 0.0818. The molecule has 8 atom stereocenters. The van der Waals surface area contributed by atoms with E-state index in [2.05, 4.69) is 242 Å². The van der Waals surface area contributed by atoms with Crippen molar-refractivity contribution in [1.29, 1.82) is 0 Å². The Kier molecular flexibility index (Phi) is 66.8. The van der Waals surface area contributed by atoms with Crippen molar-refractivity contribution in [2.45, 2.75) is 518 Å². The molecule has 0 spiro atoms. The first-order valence-electron chi connectivity index (χ1n) is 53.6. The maximum absolute atomic E-state index is 3.48. The molecule has 12 rings (SSSR count). The van der Waals surface area contributed by atoms with Gasteiger partial charge in [0, 0.05) is 83.9 Å². The Morgan fingerprint density at radius 3 is 1.01 bits per heavy atom. The third-order valence-corrected chi connectivity index (χ3v) is 29.4. The lowest BCUT2D eigenvalue weighted by Crippen LogP contribution is -2.52. The summed E-state index contributed by atoms with van der Waals surface area (Å²) in [5, 5.41) is 3.48. The van der Waals surface area contributed by atoms with Crippen molar-refractivity contribution in [3.63, 3.8) is 0 Å². The monoisotopic (exact) mass is 1660 g/mol. The standard InChI is InChI=1S/C17H27N.C15H23N.C13H27N.C11H23N.2C10H21N.2C9H19N.C8H17N.C7H15N/c1-3-12-17(13-4-2)14-8-9-15-18(17)16-10-6-5-7-11-16;1-3-15(4-2)12-8-9-13-16(15)14-10-6-5-7-11-14;1-3-5-9-13-10-7-8-12-14(13)11-6-4-2;1-3-5-9-12-10-7-6-8-11(12)4-2;1-3-4-8-11-9-6-5-7-10(11)2;1-3-8-11-9-6-5-7-10(11)4-2;1-3-7-10-8-5-4-6-9(10)2;1-2-3-7-10-8-5-4-6-9-10;1-3-9-7-5-4-6-8(9)2;1-6-4-3-5-7(2)8-6/h5-7,10-11H,3-4,8-9,12-15H2,1-2H3;5-7,10-11H,3-4,8-9,12-13H2,1-2H3;13H,3-12H2,1-2H3;11H,3-10H2,1-2H3;2*10H,3-9H2,1-2H3;9H,3-8H2,1-2H3;2-9H2,1H3;8H,3-7H2,1-2H3;6-8H,3-5H2,1-2H3. The Labute approximate surface area is 746 Å². The van der Waals surface area contributed by atoms with Crippen LogP contribution in [0.5, 0.6) is 0 Å². The van der Waals surface area contributed by atoms with Crippen LogP contribution in [0.1, 0.15) is 459 Å². The topological polar surface area (TPSA) is 41.2 Å². The Hall–Kier alpha value is -2.28. The van der Waals surface area contributed by atoms with Crippen molar-refractivity contribution in [2.24, 2.45) is 0 Å². The first kappa shape index (κ1) is 111. The number of anilines is 2. The first-order chi connectivity index (χ1) is 58.0. The second kappa shape index (κ2) is 71.7. The van der Waals surface area contributed by atoms with Gasteiger partial charge in [-0.15, -0.1) is 0 Å². The fourth-order valence-corrected chi connectivity index (χ4v) is 21.7. The zero-order chi connectivity index (χ0) is 86.8. The molecular formula is C109H212N10. The van der Waals surface area contributed by atoms with E-state index in [9.17, 15) is 0 Å². The lowest BCUT2D eigenvalue weighted by molar-refractivity contribution is 0.136. The molecule has 10 fully saturated rings. The molecule has 2 aromatic carbocycles. The summed E-state index contributed by atoms with van der Waals surface area (Å²) in [4.78, 5) is 23.9. The molecule has 10 saturated heterocycles. The fraction of sp³-hybridized carbons (Fsp3) is 0.890. The van der Waals surface area contributed by atoms with Crippen LogP contribution in [0.15, 0.2) is 60.7 Å². The molecule has 8 unspecified atom stereocenters. The van der Waals surface area contributed by atoms with Crippen LogP contribution in [0.25, 0.3) is 0 Å². The van der Waals surface area contributed by atoms with Gasteiger partial charge in [0.2, 0.25) is 0 Å². The van der Waals surface area contributed by atoms with Crippen LogP contribution in [-0.2, 0) is 0 Å². The van der Waals surface area contributed by atoms with Crippen molar-refractivity contribution < 1.29 is 0 Å². The molecule has 0 amide bonds. The molecule has 10 heteroatoms. The maximum atomic E-state index is 3.48. The molecular weight excluding hydrogens is 1450 g/mol. The Morgan fingerprint density at radius 2 is 0.630 bits per heavy atom.